The highest BCUT2D eigenvalue weighted by atomic mass is 19.2. The van der Waals surface area contributed by atoms with Gasteiger partial charge in [0.1, 0.15) is 19.5 Å². The highest BCUT2D eigenvalue weighted by Crippen LogP contribution is 2.00. The molecular weight excluding hydrogens is 105 g/mol. The van der Waals surface area contributed by atoms with Gasteiger partial charge in [0, 0.05) is 6.42 Å². The minimum absolute atomic E-state index is 0.115. The normalized spacial score (nSPS) is 14.1. The number of hydrogen-bond donors (Lipinski definition) is 0. The van der Waals surface area contributed by atoms with Crippen molar-refractivity contribution in [1.29, 1.82) is 0 Å². The van der Waals surface area contributed by atoms with Crippen molar-refractivity contribution in [2.45, 2.75) is 12.6 Å². The largest absolute Gasteiger partial charge is 0.248 e. The van der Waals surface area contributed by atoms with Gasteiger partial charge in [-0.25, -0.2) is 13.2 Å². The molecule has 7 heavy (non-hydrogen) atoms. The van der Waals surface area contributed by atoms with Crippen molar-refractivity contribution in [1.82, 2.24) is 0 Å². The third-order valence-electron chi connectivity index (χ3n) is 0.512. The molecule has 0 aromatic heterocycles. The monoisotopic (exact) mass is 111 g/mol. The second-order valence-electron chi connectivity index (χ2n) is 1.14. The van der Waals surface area contributed by atoms with E-state index >= 15 is 0 Å². The van der Waals surface area contributed by atoms with Crippen molar-refractivity contribution in [3.8, 4) is 0 Å². The Balaban J connectivity index is 2.83. The molecule has 0 aromatic carbocycles. The first-order valence-electron chi connectivity index (χ1n) is 1.93. The van der Waals surface area contributed by atoms with Crippen LogP contribution in [0, 0.1) is 6.67 Å². The molecule has 3 heteroatoms. The van der Waals surface area contributed by atoms with Crippen molar-refractivity contribution in [3.05, 3.63) is 6.67 Å². The van der Waals surface area contributed by atoms with E-state index < -0.39 is 19.3 Å². The molecular formula is C4H6F3. The van der Waals surface area contributed by atoms with Gasteiger partial charge in [0.15, 0.2) is 0 Å². The summed E-state index contributed by atoms with van der Waals surface area (Å²) in [4.78, 5) is 0. The number of halogens is 3. The number of hydrogen-bond acceptors (Lipinski definition) is 0. The summed E-state index contributed by atoms with van der Waals surface area (Å²) in [5, 5.41) is 0. The van der Waals surface area contributed by atoms with Crippen LogP contribution < -0.4 is 0 Å². The number of alkyl halides is 2. The first-order valence-corrected chi connectivity index (χ1v) is 1.93. The lowest BCUT2D eigenvalue weighted by Crippen LogP contribution is -1.99. The molecule has 0 heterocycles. The Morgan fingerprint density at radius 1 is 1.57 bits per heavy atom. The highest BCUT2D eigenvalue weighted by Gasteiger charge is 2.02. The van der Waals surface area contributed by atoms with Crippen molar-refractivity contribution in [2.24, 2.45) is 0 Å². The molecule has 0 N–H and O–H groups in total. The van der Waals surface area contributed by atoms with E-state index in [1.807, 2.05) is 0 Å². The van der Waals surface area contributed by atoms with Crippen LogP contribution in [0.2, 0.25) is 0 Å². The van der Waals surface area contributed by atoms with E-state index in [1.165, 1.54) is 0 Å². The van der Waals surface area contributed by atoms with Gasteiger partial charge in [-0.15, -0.1) is 0 Å². The fourth-order valence-electron chi connectivity index (χ4n) is 0.160. The summed E-state index contributed by atoms with van der Waals surface area (Å²) < 4.78 is 33.4. The molecule has 0 aliphatic carbocycles. The van der Waals surface area contributed by atoms with E-state index in [4.69, 9.17) is 0 Å². The lowest BCUT2D eigenvalue weighted by Gasteiger charge is -1.93. The van der Waals surface area contributed by atoms with Crippen LogP contribution in [0.3, 0.4) is 0 Å². The van der Waals surface area contributed by atoms with Gasteiger partial charge in [-0.3, -0.25) is 0 Å². The summed E-state index contributed by atoms with van der Waals surface area (Å²) in [5.74, 6) is 0. The Bertz CT molecular complexity index is 37.9. The summed E-state index contributed by atoms with van der Waals surface area (Å²) in [7, 11) is 0. The number of rotatable bonds is 3. The predicted molar refractivity (Wildman–Crippen MR) is 20.9 cm³/mol. The average Bonchev–Trinajstić information content (AvgIpc) is 1.68. The predicted octanol–water partition coefficient (Wildman–Crippen LogP) is 1.82. The van der Waals surface area contributed by atoms with Crippen LogP contribution in [-0.2, 0) is 0 Å². The fourth-order valence-corrected chi connectivity index (χ4v) is 0.160. The maximum Gasteiger partial charge on any atom is 0.134 e. The summed E-state index contributed by atoms with van der Waals surface area (Å²) in [6.07, 6.45) is -2.08. The van der Waals surface area contributed by atoms with E-state index in [1.54, 1.807) is 0 Å². The quantitative estimate of drug-likeness (QED) is 0.521. The SMILES string of the molecule is F[CH]CC(F)CF. The Morgan fingerprint density at radius 3 is 2.29 bits per heavy atom. The van der Waals surface area contributed by atoms with E-state index in [2.05, 4.69) is 0 Å². The smallest absolute Gasteiger partial charge is 0.134 e. The van der Waals surface area contributed by atoms with Crippen LogP contribution in [0.4, 0.5) is 13.2 Å². The van der Waals surface area contributed by atoms with E-state index in [0.717, 1.165) is 0 Å². The molecule has 0 bridgehead atoms. The van der Waals surface area contributed by atoms with Gasteiger partial charge in [0.25, 0.3) is 0 Å². The second kappa shape index (κ2) is 3.96. The van der Waals surface area contributed by atoms with Crippen LogP contribution in [0.1, 0.15) is 6.42 Å². The van der Waals surface area contributed by atoms with Gasteiger partial charge >= 0.3 is 0 Å². The lowest BCUT2D eigenvalue weighted by molar-refractivity contribution is 0.246. The first kappa shape index (κ1) is 6.79. The zero-order chi connectivity index (χ0) is 5.70. The second-order valence-corrected chi connectivity index (χ2v) is 1.14. The van der Waals surface area contributed by atoms with E-state index in [0.29, 0.717) is 0 Å². The highest BCUT2D eigenvalue weighted by molar-refractivity contribution is 4.58. The molecule has 0 amide bonds. The molecule has 0 aliphatic heterocycles. The zero-order valence-corrected chi connectivity index (χ0v) is 3.70. The summed E-state index contributed by atoms with van der Waals surface area (Å²) in [6, 6.07) is 0. The average molecular weight is 111 g/mol. The molecule has 0 rings (SSSR count). The maximum absolute atomic E-state index is 11.5. The molecule has 0 saturated carbocycles. The molecule has 0 spiro atoms. The molecule has 0 aliphatic rings. The Labute approximate surface area is 40.3 Å². The fraction of sp³-hybridized carbons (Fsp3) is 0.750. The summed E-state index contributed by atoms with van der Waals surface area (Å²) >= 11 is 0. The third kappa shape index (κ3) is 3.62. The third-order valence-corrected chi connectivity index (χ3v) is 0.512. The van der Waals surface area contributed by atoms with Gasteiger partial charge in [-0.2, -0.15) is 0 Å². The van der Waals surface area contributed by atoms with Crippen molar-refractivity contribution in [3.63, 3.8) is 0 Å². The molecule has 1 radical (unpaired) electrons. The van der Waals surface area contributed by atoms with Crippen molar-refractivity contribution in [2.75, 3.05) is 6.67 Å². The van der Waals surface area contributed by atoms with Crippen molar-refractivity contribution < 1.29 is 13.2 Å². The minimum atomic E-state index is -1.65. The van der Waals surface area contributed by atoms with E-state index in [-0.39, 0.29) is 6.67 Å². The minimum Gasteiger partial charge on any atom is -0.248 e. The Kier molecular flexibility index (Phi) is 3.84. The molecule has 0 fully saturated rings. The zero-order valence-electron chi connectivity index (χ0n) is 3.70. The van der Waals surface area contributed by atoms with Gasteiger partial charge in [0.05, 0.1) is 0 Å². The lowest BCUT2D eigenvalue weighted by atomic mass is 10.3. The van der Waals surface area contributed by atoms with Crippen molar-refractivity contribution >= 4 is 0 Å². The molecule has 1 unspecified atom stereocenters. The first-order chi connectivity index (χ1) is 3.31. The van der Waals surface area contributed by atoms with Crippen LogP contribution in [-0.4, -0.2) is 12.8 Å². The van der Waals surface area contributed by atoms with Gasteiger partial charge in [-0.1, -0.05) is 0 Å². The van der Waals surface area contributed by atoms with Crippen LogP contribution in [0.5, 0.6) is 0 Å². The van der Waals surface area contributed by atoms with Crippen LogP contribution in [0.25, 0.3) is 0 Å². The molecule has 1 atom stereocenters. The summed E-state index contributed by atoms with van der Waals surface area (Å²) in [5.41, 5.74) is 0. The topological polar surface area (TPSA) is 0 Å². The van der Waals surface area contributed by atoms with E-state index in [9.17, 15) is 13.2 Å². The standard InChI is InChI=1S/C4H6F3/c5-2-1-4(7)3-6/h2,4H,1,3H2. The Morgan fingerprint density at radius 2 is 2.14 bits per heavy atom. The van der Waals surface area contributed by atoms with Gasteiger partial charge in [0.2, 0.25) is 0 Å². The molecule has 0 saturated heterocycles. The van der Waals surface area contributed by atoms with Gasteiger partial charge in [-0.05, 0) is 0 Å². The van der Waals surface area contributed by atoms with Crippen LogP contribution >= 0.6 is 0 Å². The molecule has 43 valence electrons. The summed E-state index contributed by atoms with van der Waals surface area (Å²) in [6.45, 7) is -0.981. The van der Waals surface area contributed by atoms with Crippen LogP contribution in [0.15, 0.2) is 0 Å². The maximum atomic E-state index is 11.5. The van der Waals surface area contributed by atoms with Gasteiger partial charge < -0.3 is 0 Å². The Hall–Kier alpha value is -0.210. The molecule has 0 aromatic rings. The molecule has 0 nitrogen and oxygen atoms in total.